The molecule has 32 heavy (non-hydrogen) atoms. The molecule has 1 aromatic heterocycles. The first kappa shape index (κ1) is 20.5. The number of pyridine rings is 1. The minimum Gasteiger partial charge on any atom is -0.354 e. The standard InChI is InChI=1S/C25H27N5O2/c1-29-10-12-30(13-11-29)23-9-8-20(16-26-23)27-25(32)21-14-18-4-2-3-5-19(18)15-22(21)28-24(31)17-6-7-17/h2-5,8-9,14-17H,6-7,10-13H2,1H3,(H,27,32)(H,28,31). The fourth-order valence-corrected chi connectivity index (χ4v) is 3.99. The SMILES string of the molecule is CN1CCN(c2ccc(NC(=O)c3cc4ccccc4cc3NC(=O)C3CC3)cn2)CC1. The first-order valence-electron chi connectivity index (χ1n) is 11.1. The summed E-state index contributed by atoms with van der Waals surface area (Å²) in [5, 5.41) is 7.83. The Morgan fingerprint density at radius 2 is 1.66 bits per heavy atom. The van der Waals surface area contributed by atoms with Gasteiger partial charge in [-0.05, 0) is 54.9 Å². The molecule has 0 radical (unpaired) electrons. The van der Waals surface area contributed by atoms with Crippen molar-refractivity contribution in [3.8, 4) is 0 Å². The second-order valence-electron chi connectivity index (χ2n) is 8.66. The van der Waals surface area contributed by atoms with Gasteiger partial charge in [0.2, 0.25) is 5.91 Å². The highest BCUT2D eigenvalue weighted by Gasteiger charge is 2.30. The summed E-state index contributed by atoms with van der Waals surface area (Å²) in [5.74, 6) is 0.686. The minimum absolute atomic E-state index is 0.0208. The summed E-state index contributed by atoms with van der Waals surface area (Å²) in [4.78, 5) is 34.7. The molecule has 2 amide bonds. The molecular formula is C25H27N5O2. The zero-order valence-electron chi connectivity index (χ0n) is 18.2. The average molecular weight is 430 g/mol. The van der Waals surface area contributed by atoms with Crippen molar-refractivity contribution in [1.29, 1.82) is 0 Å². The van der Waals surface area contributed by atoms with Crippen molar-refractivity contribution in [3.63, 3.8) is 0 Å². The predicted octanol–water partition coefficient (Wildman–Crippen LogP) is 3.59. The first-order valence-corrected chi connectivity index (χ1v) is 11.1. The van der Waals surface area contributed by atoms with Crippen LogP contribution in [0.3, 0.4) is 0 Å². The van der Waals surface area contributed by atoms with Crippen LogP contribution in [-0.2, 0) is 4.79 Å². The summed E-state index contributed by atoms with van der Waals surface area (Å²) in [6, 6.07) is 15.4. The van der Waals surface area contributed by atoms with E-state index in [-0.39, 0.29) is 17.7 Å². The molecule has 3 aromatic rings. The van der Waals surface area contributed by atoms with Crippen LogP contribution in [0.5, 0.6) is 0 Å². The summed E-state index contributed by atoms with van der Waals surface area (Å²) < 4.78 is 0. The van der Waals surface area contributed by atoms with Crippen molar-refractivity contribution in [2.75, 3.05) is 48.8 Å². The summed E-state index contributed by atoms with van der Waals surface area (Å²) in [5.41, 5.74) is 1.61. The number of likely N-dealkylation sites (N-methyl/N-ethyl adjacent to an activating group) is 1. The monoisotopic (exact) mass is 429 g/mol. The Balaban J connectivity index is 1.36. The fourth-order valence-electron chi connectivity index (χ4n) is 3.99. The summed E-state index contributed by atoms with van der Waals surface area (Å²) in [6.45, 7) is 3.90. The molecule has 2 N–H and O–H groups in total. The minimum atomic E-state index is -0.268. The van der Waals surface area contributed by atoms with Crippen molar-refractivity contribution in [3.05, 3.63) is 60.3 Å². The zero-order valence-corrected chi connectivity index (χ0v) is 18.2. The van der Waals surface area contributed by atoms with E-state index >= 15 is 0 Å². The van der Waals surface area contributed by atoms with Gasteiger partial charge in [-0.2, -0.15) is 0 Å². The maximum absolute atomic E-state index is 13.2. The van der Waals surface area contributed by atoms with Crippen molar-refractivity contribution in [2.45, 2.75) is 12.8 Å². The third-order valence-electron chi connectivity index (χ3n) is 6.17. The molecule has 1 aliphatic carbocycles. The molecule has 2 heterocycles. The molecule has 7 heteroatoms. The van der Waals surface area contributed by atoms with E-state index in [2.05, 4.69) is 32.5 Å². The highest BCUT2D eigenvalue weighted by Crippen LogP contribution is 2.32. The van der Waals surface area contributed by atoms with E-state index in [1.54, 1.807) is 6.20 Å². The van der Waals surface area contributed by atoms with E-state index in [4.69, 9.17) is 0 Å². The Hall–Kier alpha value is -3.45. The van der Waals surface area contributed by atoms with Gasteiger partial charge in [-0.15, -0.1) is 0 Å². The van der Waals surface area contributed by atoms with Gasteiger partial charge in [0.15, 0.2) is 0 Å². The normalized spacial score (nSPS) is 16.7. The summed E-state index contributed by atoms with van der Waals surface area (Å²) >= 11 is 0. The van der Waals surface area contributed by atoms with Crippen molar-refractivity contribution < 1.29 is 9.59 Å². The van der Waals surface area contributed by atoms with Crippen molar-refractivity contribution >= 4 is 39.8 Å². The van der Waals surface area contributed by atoms with Gasteiger partial charge in [0, 0.05) is 32.1 Å². The largest absolute Gasteiger partial charge is 0.354 e. The first-order chi connectivity index (χ1) is 15.6. The maximum atomic E-state index is 13.2. The molecule has 164 valence electrons. The Bertz CT molecular complexity index is 1150. The number of carbonyl (C=O) groups excluding carboxylic acids is 2. The molecule has 1 saturated heterocycles. The van der Waals surface area contributed by atoms with Gasteiger partial charge in [-0.1, -0.05) is 24.3 Å². The number of amides is 2. The second-order valence-corrected chi connectivity index (χ2v) is 8.66. The zero-order chi connectivity index (χ0) is 22.1. The van der Waals surface area contributed by atoms with Crippen LogP contribution in [0, 0.1) is 5.92 Å². The van der Waals surface area contributed by atoms with Crippen molar-refractivity contribution in [2.24, 2.45) is 5.92 Å². The molecule has 2 aromatic carbocycles. The van der Waals surface area contributed by atoms with Gasteiger partial charge >= 0.3 is 0 Å². The lowest BCUT2D eigenvalue weighted by atomic mass is 10.0. The number of benzene rings is 2. The summed E-state index contributed by atoms with van der Waals surface area (Å²) in [6.07, 6.45) is 3.51. The van der Waals surface area contributed by atoms with Crippen LogP contribution in [-0.4, -0.2) is 54.9 Å². The fraction of sp³-hybridized carbons (Fsp3) is 0.320. The van der Waals surface area contributed by atoms with Crippen molar-refractivity contribution in [1.82, 2.24) is 9.88 Å². The molecule has 0 bridgehead atoms. The second kappa shape index (κ2) is 8.59. The smallest absolute Gasteiger partial charge is 0.257 e. The number of carbonyl (C=O) groups is 2. The number of nitrogens with zero attached hydrogens (tertiary/aromatic N) is 3. The Kier molecular flexibility index (Phi) is 5.49. The van der Waals surface area contributed by atoms with E-state index in [0.29, 0.717) is 16.9 Å². The number of rotatable bonds is 5. The lowest BCUT2D eigenvalue weighted by molar-refractivity contribution is -0.117. The number of nitrogens with one attached hydrogen (secondary N) is 2. The van der Waals surface area contributed by atoms with Gasteiger partial charge in [0.25, 0.3) is 5.91 Å². The molecular weight excluding hydrogens is 402 g/mol. The number of anilines is 3. The van der Waals surface area contributed by atoms with Crippen LogP contribution in [0.4, 0.5) is 17.2 Å². The molecule has 2 fully saturated rings. The maximum Gasteiger partial charge on any atom is 0.257 e. The topological polar surface area (TPSA) is 77.6 Å². The number of fused-ring (bicyclic) bond motifs is 1. The van der Waals surface area contributed by atoms with Crippen LogP contribution >= 0.6 is 0 Å². The van der Waals surface area contributed by atoms with Crippen LogP contribution in [0.25, 0.3) is 10.8 Å². The molecule has 2 aliphatic rings. The summed E-state index contributed by atoms with van der Waals surface area (Å²) in [7, 11) is 2.12. The molecule has 5 rings (SSSR count). The molecule has 0 unspecified atom stereocenters. The Morgan fingerprint density at radius 1 is 0.938 bits per heavy atom. The highest BCUT2D eigenvalue weighted by molar-refractivity contribution is 6.13. The van der Waals surface area contributed by atoms with Crippen LogP contribution < -0.4 is 15.5 Å². The lowest BCUT2D eigenvalue weighted by Crippen LogP contribution is -2.44. The van der Waals surface area contributed by atoms with E-state index < -0.39 is 0 Å². The lowest BCUT2D eigenvalue weighted by Gasteiger charge is -2.33. The molecule has 0 spiro atoms. The van der Waals surface area contributed by atoms with E-state index in [0.717, 1.165) is 55.6 Å². The number of piperazine rings is 1. The van der Waals surface area contributed by atoms with Crippen LogP contribution in [0.15, 0.2) is 54.7 Å². The Morgan fingerprint density at radius 3 is 2.31 bits per heavy atom. The molecule has 0 atom stereocenters. The number of aromatic nitrogens is 1. The molecule has 1 aliphatic heterocycles. The van der Waals surface area contributed by atoms with Crippen LogP contribution in [0.2, 0.25) is 0 Å². The van der Waals surface area contributed by atoms with E-state index in [9.17, 15) is 9.59 Å². The Labute approximate surface area is 187 Å². The van der Waals surface area contributed by atoms with E-state index in [1.807, 2.05) is 48.5 Å². The highest BCUT2D eigenvalue weighted by atomic mass is 16.2. The third-order valence-corrected chi connectivity index (χ3v) is 6.17. The van der Waals surface area contributed by atoms with Gasteiger partial charge in [-0.25, -0.2) is 4.98 Å². The average Bonchev–Trinajstić information content (AvgIpc) is 3.65. The third kappa shape index (κ3) is 4.43. The number of hydrogen-bond acceptors (Lipinski definition) is 5. The van der Waals surface area contributed by atoms with E-state index in [1.165, 1.54) is 0 Å². The number of hydrogen-bond donors (Lipinski definition) is 2. The van der Waals surface area contributed by atoms with Gasteiger partial charge in [0.1, 0.15) is 5.82 Å². The van der Waals surface area contributed by atoms with Gasteiger partial charge in [-0.3, -0.25) is 9.59 Å². The predicted molar refractivity (Wildman–Crippen MR) is 127 cm³/mol. The molecule has 7 nitrogen and oxygen atoms in total. The quantitative estimate of drug-likeness (QED) is 0.648. The van der Waals surface area contributed by atoms with Gasteiger partial charge < -0.3 is 20.4 Å². The molecule has 1 saturated carbocycles. The van der Waals surface area contributed by atoms with Gasteiger partial charge in [0.05, 0.1) is 23.1 Å². The van der Waals surface area contributed by atoms with Crippen LogP contribution in [0.1, 0.15) is 23.2 Å².